The van der Waals surface area contributed by atoms with E-state index in [2.05, 4.69) is 10.3 Å². The number of aromatic nitrogens is 3. The number of fused-ring (bicyclic) bond motifs is 1. The minimum absolute atomic E-state index is 0.107. The molecule has 0 spiro atoms. The first-order chi connectivity index (χ1) is 13.2. The molecule has 0 saturated carbocycles. The molecule has 4 rings (SSSR count). The highest BCUT2D eigenvalue weighted by molar-refractivity contribution is 5.73. The number of aliphatic hydroxyl groups excluding tert-OH is 1. The van der Waals surface area contributed by atoms with Crippen LogP contribution in [0.25, 0.3) is 11.3 Å². The summed E-state index contributed by atoms with van der Waals surface area (Å²) in [6, 6.07) is 4.97. The van der Waals surface area contributed by atoms with E-state index >= 15 is 0 Å². The summed E-state index contributed by atoms with van der Waals surface area (Å²) in [5.74, 6) is -2.66. The lowest BCUT2D eigenvalue weighted by atomic mass is 9.91. The highest BCUT2D eigenvalue weighted by atomic mass is 19.1. The molecular formula is C18H20FN3O6. The molecule has 2 fully saturated rings. The molecule has 2 saturated heterocycles. The average molecular weight is 393 g/mol. The third-order valence-electron chi connectivity index (χ3n) is 4.88. The Hall–Kier alpha value is -2.40. The summed E-state index contributed by atoms with van der Waals surface area (Å²) in [6.07, 6.45) is -2.80. The predicted octanol–water partition coefficient (Wildman–Crippen LogP) is 0.990. The molecule has 10 heteroatoms. The summed E-state index contributed by atoms with van der Waals surface area (Å²) in [5, 5.41) is 28.2. The van der Waals surface area contributed by atoms with E-state index in [-0.39, 0.29) is 6.61 Å². The van der Waals surface area contributed by atoms with E-state index in [1.165, 1.54) is 23.0 Å². The molecule has 5 atom stereocenters. The van der Waals surface area contributed by atoms with Crippen molar-refractivity contribution in [3.8, 4) is 11.3 Å². The van der Waals surface area contributed by atoms with Crippen molar-refractivity contribution < 1.29 is 33.6 Å². The quantitative estimate of drug-likeness (QED) is 0.793. The van der Waals surface area contributed by atoms with E-state index in [4.69, 9.17) is 14.2 Å². The third kappa shape index (κ3) is 3.39. The summed E-state index contributed by atoms with van der Waals surface area (Å²) < 4.78 is 31.9. The Morgan fingerprint density at radius 3 is 2.89 bits per heavy atom. The first kappa shape index (κ1) is 18.9. The van der Waals surface area contributed by atoms with Gasteiger partial charge in [0.1, 0.15) is 35.9 Å². The highest BCUT2D eigenvalue weighted by Crippen LogP contribution is 2.38. The van der Waals surface area contributed by atoms with E-state index < -0.39 is 48.0 Å². The fourth-order valence-electron chi connectivity index (χ4n) is 3.58. The van der Waals surface area contributed by atoms with Gasteiger partial charge >= 0.3 is 5.97 Å². The smallest absolute Gasteiger partial charge is 0.335 e. The van der Waals surface area contributed by atoms with Crippen LogP contribution in [0.2, 0.25) is 0 Å². The van der Waals surface area contributed by atoms with Crippen LogP contribution in [0.5, 0.6) is 0 Å². The van der Waals surface area contributed by atoms with Crippen LogP contribution in [-0.2, 0) is 19.0 Å². The lowest BCUT2D eigenvalue weighted by molar-refractivity contribution is -0.346. The van der Waals surface area contributed by atoms with Gasteiger partial charge in [0, 0.05) is 5.56 Å². The van der Waals surface area contributed by atoms with Crippen LogP contribution < -0.4 is 0 Å². The zero-order valence-corrected chi connectivity index (χ0v) is 15.2. The zero-order chi connectivity index (χ0) is 20.1. The second-order valence-electron chi connectivity index (χ2n) is 7.30. The number of carboxylic acids is 1. The summed E-state index contributed by atoms with van der Waals surface area (Å²) in [4.78, 5) is 11.6. The molecule has 2 N–H and O–H groups in total. The first-order valence-electron chi connectivity index (χ1n) is 8.81. The molecule has 3 heterocycles. The number of aliphatic hydroxyl groups is 1. The van der Waals surface area contributed by atoms with Crippen LogP contribution in [0.4, 0.5) is 4.39 Å². The van der Waals surface area contributed by atoms with Gasteiger partial charge in [-0.25, -0.2) is 13.9 Å². The zero-order valence-electron chi connectivity index (χ0n) is 15.2. The lowest BCUT2D eigenvalue weighted by Gasteiger charge is -2.49. The second kappa shape index (κ2) is 6.89. The number of carbonyl (C=O) groups is 1. The van der Waals surface area contributed by atoms with Crippen LogP contribution in [-0.4, -0.2) is 68.0 Å². The summed E-state index contributed by atoms with van der Waals surface area (Å²) in [5.41, 5.74) is 0.889. The van der Waals surface area contributed by atoms with Crippen molar-refractivity contribution in [1.82, 2.24) is 15.0 Å². The van der Waals surface area contributed by atoms with Gasteiger partial charge in [0.05, 0.1) is 12.8 Å². The number of carboxylic acid groups (broad SMARTS) is 1. The van der Waals surface area contributed by atoms with Gasteiger partial charge in [0.15, 0.2) is 11.9 Å². The average Bonchev–Trinajstić information content (AvgIpc) is 3.10. The molecule has 150 valence electrons. The van der Waals surface area contributed by atoms with Crippen molar-refractivity contribution in [2.75, 3.05) is 6.61 Å². The Balaban J connectivity index is 1.71. The maximum Gasteiger partial charge on any atom is 0.335 e. The van der Waals surface area contributed by atoms with Gasteiger partial charge in [0.2, 0.25) is 0 Å². The summed E-state index contributed by atoms with van der Waals surface area (Å²) in [6.45, 7) is 3.54. The Kier molecular flexibility index (Phi) is 4.66. The largest absolute Gasteiger partial charge is 0.479 e. The maximum atomic E-state index is 13.5. The number of nitrogens with zero attached hydrogens (tertiary/aromatic N) is 3. The molecule has 2 aromatic rings. The predicted molar refractivity (Wildman–Crippen MR) is 91.7 cm³/mol. The molecule has 1 aromatic heterocycles. The number of hydrogen-bond donors (Lipinski definition) is 2. The Morgan fingerprint density at radius 2 is 2.18 bits per heavy atom. The third-order valence-corrected chi connectivity index (χ3v) is 4.88. The van der Waals surface area contributed by atoms with Crippen molar-refractivity contribution in [3.63, 3.8) is 0 Å². The molecule has 0 amide bonds. The molecular weight excluding hydrogens is 373 g/mol. The Morgan fingerprint density at radius 1 is 1.39 bits per heavy atom. The van der Waals surface area contributed by atoms with Crippen molar-refractivity contribution in [2.45, 2.75) is 50.1 Å². The van der Waals surface area contributed by atoms with Crippen LogP contribution in [0.15, 0.2) is 30.5 Å². The maximum absolute atomic E-state index is 13.5. The molecule has 1 aromatic carbocycles. The number of halogens is 1. The number of benzene rings is 1. The van der Waals surface area contributed by atoms with Gasteiger partial charge < -0.3 is 24.4 Å². The van der Waals surface area contributed by atoms with Crippen LogP contribution in [0, 0.1) is 5.82 Å². The van der Waals surface area contributed by atoms with E-state index in [1.54, 1.807) is 26.0 Å². The van der Waals surface area contributed by atoms with Crippen LogP contribution in [0.3, 0.4) is 0 Å². The summed E-state index contributed by atoms with van der Waals surface area (Å²) >= 11 is 0. The monoisotopic (exact) mass is 393 g/mol. The van der Waals surface area contributed by atoms with Gasteiger partial charge in [-0.3, -0.25) is 0 Å². The molecule has 2 aliphatic heterocycles. The van der Waals surface area contributed by atoms with E-state index in [0.29, 0.717) is 11.3 Å². The van der Waals surface area contributed by atoms with Crippen LogP contribution >= 0.6 is 0 Å². The molecule has 0 unspecified atom stereocenters. The van der Waals surface area contributed by atoms with Gasteiger partial charge in [-0.15, -0.1) is 5.10 Å². The van der Waals surface area contributed by atoms with Crippen molar-refractivity contribution in [3.05, 3.63) is 36.3 Å². The minimum Gasteiger partial charge on any atom is -0.479 e. The fourth-order valence-corrected chi connectivity index (χ4v) is 3.58. The molecule has 0 bridgehead atoms. The van der Waals surface area contributed by atoms with Crippen molar-refractivity contribution in [1.29, 1.82) is 0 Å². The number of aliphatic carboxylic acids is 1. The van der Waals surface area contributed by atoms with Gasteiger partial charge in [-0.1, -0.05) is 17.3 Å². The molecule has 0 aliphatic carbocycles. The number of hydrogen-bond acceptors (Lipinski definition) is 7. The Labute approximate surface area is 159 Å². The first-order valence-corrected chi connectivity index (χ1v) is 8.81. The summed E-state index contributed by atoms with van der Waals surface area (Å²) in [7, 11) is 0. The van der Waals surface area contributed by atoms with Gasteiger partial charge in [-0.2, -0.15) is 0 Å². The molecule has 28 heavy (non-hydrogen) atoms. The van der Waals surface area contributed by atoms with E-state index in [1.807, 2.05) is 0 Å². The Bertz CT molecular complexity index is 888. The molecule has 0 radical (unpaired) electrons. The lowest BCUT2D eigenvalue weighted by Crippen LogP contribution is -2.63. The number of ether oxygens (including phenoxy) is 3. The van der Waals surface area contributed by atoms with E-state index in [0.717, 1.165) is 0 Å². The number of rotatable bonds is 3. The standard InChI is InChI=1S/C18H20FN3O6/c1-18(2)26-8-12-15(28-18)13(14(23)16(27-12)17(24)25)22-7-11(20-21-22)9-4-3-5-10(19)6-9/h3-7,12-16,23H,8H2,1-2H3,(H,24,25)/t12-,13-,14-,15+,16-/m1/s1. The van der Waals surface area contributed by atoms with Gasteiger partial charge in [0.25, 0.3) is 0 Å². The second-order valence-corrected chi connectivity index (χ2v) is 7.30. The topological polar surface area (TPSA) is 116 Å². The normalized spacial score (nSPS) is 31.9. The SMILES string of the molecule is CC1(C)OC[C@H]2O[C@@H](C(=O)O)[C@H](O)[C@@H](n3cc(-c4cccc(F)c4)nn3)[C@H]2O1. The van der Waals surface area contributed by atoms with E-state index in [9.17, 15) is 19.4 Å². The molecule has 2 aliphatic rings. The highest BCUT2D eigenvalue weighted by Gasteiger charge is 2.54. The van der Waals surface area contributed by atoms with Crippen LogP contribution in [0.1, 0.15) is 19.9 Å². The molecule has 9 nitrogen and oxygen atoms in total. The van der Waals surface area contributed by atoms with Crippen molar-refractivity contribution >= 4 is 5.97 Å². The fraction of sp³-hybridized carbons (Fsp3) is 0.500. The van der Waals surface area contributed by atoms with Crippen molar-refractivity contribution in [2.24, 2.45) is 0 Å². The van der Waals surface area contributed by atoms with Gasteiger partial charge in [-0.05, 0) is 26.0 Å². The minimum atomic E-state index is -1.47.